The molecular formula is C17H25N3S. The van der Waals surface area contributed by atoms with Crippen LogP contribution in [0.3, 0.4) is 0 Å². The summed E-state index contributed by atoms with van der Waals surface area (Å²) in [6.07, 6.45) is 1.10. The summed E-state index contributed by atoms with van der Waals surface area (Å²) in [5.41, 5.74) is 9.17. The fraction of sp³-hybridized carbons (Fsp3) is 0.471. The van der Waals surface area contributed by atoms with Crippen LogP contribution in [0.2, 0.25) is 0 Å². The first-order chi connectivity index (χ1) is 9.90. The average Bonchev–Trinajstić information content (AvgIpc) is 2.87. The van der Waals surface area contributed by atoms with E-state index in [2.05, 4.69) is 44.0 Å². The molecule has 0 unspecified atom stereocenters. The third-order valence-corrected chi connectivity index (χ3v) is 4.21. The molecule has 21 heavy (non-hydrogen) atoms. The Hall–Kier alpha value is -1.55. The minimum atomic E-state index is 0.113. The summed E-state index contributed by atoms with van der Waals surface area (Å²) in [5, 5.41) is 3.34. The van der Waals surface area contributed by atoms with Crippen LogP contribution in [0, 0.1) is 0 Å². The maximum absolute atomic E-state index is 5.91. The van der Waals surface area contributed by atoms with Crippen molar-refractivity contribution < 1.29 is 0 Å². The Bertz CT molecular complexity index is 584. The molecule has 0 bridgehead atoms. The van der Waals surface area contributed by atoms with Crippen LogP contribution in [-0.4, -0.2) is 11.5 Å². The van der Waals surface area contributed by atoms with E-state index < -0.39 is 0 Å². The second kappa shape index (κ2) is 6.48. The van der Waals surface area contributed by atoms with Gasteiger partial charge in [0, 0.05) is 28.7 Å². The molecule has 114 valence electrons. The molecule has 0 aliphatic rings. The molecule has 2 aromatic rings. The molecular weight excluding hydrogens is 278 g/mol. The Morgan fingerprint density at radius 2 is 2.05 bits per heavy atom. The molecule has 0 saturated carbocycles. The molecule has 0 radical (unpaired) electrons. The van der Waals surface area contributed by atoms with Crippen molar-refractivity contribution in [3.63, 3.8) is 0 Å². The molecule has 0 aliphatic carbocycles. The Morgan fingerprint density at radius 3 is 2.62 bits per heavy atom. The molecule has 0 spiro atoms. The molecule has 1 aromatic heterocycles. The lowest BCUT2D eigenvalue weighted by Gasteiger charge is -2.23. The summed E-state index contributed by atoms with van der Waals surface area (Å²) in [5.74, 6) is 0. The Kier molecular flexibility index (Phi) is 4.88. The highest BCUT2D eigenvalue weighted by Crippen LogP contribution is 2.26. The van der Waals surface area contributed by atoms with E-state index in [4.69, 9.17) is 10.7 Å². The predicted octanol–water partition coefficient (Wildman–Crippen LogP) is 4.44. The van der Waals surface area contributed by atoms with Gasteiger partial charge in [0.05, 0.1) is 12.2 Å². The summed E-state index contributed by atoms with van der Waals surface area (Å²) in [6, 6.07) is 8.09. The van der Waals surface area contributed by atoms with E-state index in [1.54, 1.807) is 11.3 Å². The van der Waals surface area contributed by atoms with Crippen LogP contribution in [0.1, 0.15) is 44.8 Å². The van der Waals surface area contributed by atoms with E-state index in [-0.39, 0.29) is 5.41 Å². The van der Waals surface area contributed by atoms with Gasteiger partial charge in [0.2, 0.25) is 0 Å². The standard InChI is InChI=1S/C17H25N3S/c1-5-9-20(14-8-6-7-13(18)10-14)11-16-19-15(12-21-16)17(2,3)4/h6-8,10,12H,5,9,11,18H2,1-4H3. The summed E-state index contributed by atoms with van der Waals surface area (Å²) >= 11 is 1.75. The van der Waals surface area contributed by atoms with Gasteiger partial charge in [-0.3, -0.25) is 0 Å². The SMILES string of the molecule is CCCN(Cc1nc(C(C)(C)C)cs1)c1cccc(N)c1. The Balaban J connectivity index is 2.18. The zero-order chi connectivity index (χ0) is 15.5. The van der Waals surface area contributed by atoms with Gasteiger partial charge in [0.15, 0.2) is 0 Å². The molecule has 2 N–H and O–H groups in total. The van der Waals surface area contributed by atoms with Gasteiger partial charge in [0.1, 0.15) is 5.01 Å². The van der Waals surface area contributed by atoms with Gasteiger partial charge in [-0.1, -0.05) is 33.8 Å². The number of nitrogen functional groups attached to an aromatic ring is 1. The molecule has 0 aliphatic heterocycles. The molecule has 3 nitrogen and oxygen atoms in total. The van der Waals surface area contributed by atoms with Crippen LogP contribution < -0.4 is 10.6 Å². The van der Waals surface area contributed by atoms with E-state index in [1.165, 1.54) is 11.4 Å². The number of anilines is 2. The van der Waals surface area contributed by atoms with Crippen LogP contribution in [0.15, 0.2) is 29.6 Å². The van der Waals surface area contributed by atoms with Crippen LogP contribution >= 0.6 is 11.3 Å². The monoisotopic (exact) mass is 303 g/mol. The largest absolute Gasteiger partial charge is 0.399 e. The zero-order valence-electron chi connectivity index (χ0n) is 13.4. The van der Waals surface area contributed by atoms with Gasteiger partial charge < -0.3 is 10.6 Å². The van der Waals surface area contributed by atoms with Gasteiger partial charge in [-0.05, 0) is 24.6 Å². The van der Waals surface area contributed by atoms with Crippen molar-refractivity contribution in [2.45, 2.75) is 46.1 Å². The summed E-state index contributed by atoms with van der Waals surface area (Å²) in [6.45, 7) is 10.7. The lowest BCUT2D eigenvalue weighted by Crippen LogP contribution is -2.23. The lowest BCUT2D eigenvalue weighted by molar-refractivity contribution is 0.570. The molecule has 0 amide bonds. The molecule has 1 aromatic carbocycles. The van der Waals surface area contributed by atoms with Crippen molar-refractivity contribution in [3.8, 4) is 0 Å². The second-order valence-corrected chi connectivity index (χ2v) is 7.34. The number of benzene rings is 1. The molecule has 0 saturated heterocycles. The number of aromatic nitrogens is 1. The van der Waals surface area contributed by atoms with Crippen molar-refractivity contribution >= 4 is 22.7 Å². The van der Waals surface area contributed by atoms with E-state index in [1.807, 2.05) is 18.2 Å². The summed E-state index contributed by atoms with van der Waals surface area (Å²) in [7, 11) is 0. The quantitative estimate of drug-likeness (QED) is 0.830. The fourth-order valence-corrected chi connectivity index (χ4v) is 3.22. The fourth-order valence-electron chi connectivity index (χ4n) is 2.18. The number of nitrogens with zero attached hydrogens (tertiary/aromatic N) is 2. The van der Waals surface area contributed by atoms with Crippen molar-refractivity contribution in [2.24, 2.45) is 0 Å². The average molecular weight is 303 g/mol. The number of rotatable bonds is 5. The van der Waals surface area contributed by atoms with E-state index in [0.717, 1.165) is 30.2 Å². The van der Waals surface area contributed by atoms with E-state index in [0.29, 0.717) is 0 Å². The number of hydrogen-bond donors (Lipinski definition) is 1. The highest BCUT2D eigenvalue weighted by atomic mass is 32.1. The molecule has 2 rings (SSSR count). The number of hydrogen-bond acceptors (Lipinski definition) is 4. The predicted molar refractivity (Wildman–Crippen MR) is 93.0 cm³/mol. The van der Waals surface area contributed by atoms with Gasteiger partial charge >= 0.3 is 0 Å². The maximum Gasteiger partial charge on any atom is 0.112 e. The third-order valence-electron chi connectivity index (χ3n) is 3.38. The normalized spacial score (nSPS) is 11.6. The summed E-state index contributed by atoms with van der Waals surface area (Å²) < 4.78 is 0. The van der Waals surface area contributed by atoms with Crippen molar-refractivity contribution in [2.75, 3.05) is 17.2 Å². The first-order valence-corrected chi connectivity index (χ1v) is 8.33. The molecule has 0 atom stereocenters. The maximum atomic E-state index is 5.91. The Labute approximate surface area is 131 Å². The first kappa shape index (κ1) is 15.8. The minimum Gasteiger partial charge on any atom is -0.399 e. The zero-order valence-corrected chi connectivity index (χ0v) is 14.2. The van der Waals surface area contributed by atoms with Gasteiger partial charge in [-0.25, -0.2) is 4.98 Å². The minimum absolute atomic E-state index is 0.113. The van der Waals surface area contributed by atoms with E-state index >= 15 is 0 Å². The summed E-state index contributed by atoms with van der Waals surface area (Å²) in [4.78, 5) is 7.15. The van der Waals surface area contributed by atoms with Gasteiger partial charge in [-0.2, -0.15) is 0 Å². The number of thiazole rings is 1. The first-order valence-electron chi connectivity index (χ1n) is 7.45. The molecule has 0 fully saturated rings. The smallest absolute Gasteiger partial charge is 0.112 e. The van der Waals surface area contributed by atoms with Crippen LogP contribution in [-0.2, 0) is 12.0 Å². The van der Waals surface area contributed by atoms with E-state index in [9.17, 15) is 0 Å². The van der Waals surface area contributed by atoms with Crippen molar-refractivity contribution in [3.05, 3.63) is 40.3 Å². The highest BCUT2D eigenvalue weighted by Gasteiger charge is 2.18. The van der Waals surface area contributed by atoms with Crippen molar-refractivity contribution in [1.29, 1.82) is 0 Å². The highest BCUT2D eigenvalue weighted by molar-refractivity contribution is 7.09. The molecule has 1 heterocycles. The Morgan fingerprint density at radius 1 is 1.29 bits per heavy atom. The topological polar surface area (TPSA) is 42.2 Å². The third kappa shape index (κ3) is 4.21. The van der Waals surface area contributed by atoms with Crippen molar-refractivity contribution in [1.82, 2.24) is 4.98 Å². The lowest BCUT2D eigenvalue weighted by atomic mass is 9.93. The van der Waals surface area contributed by atoms with Crippen LogP contribution in [0.5, 0.6) is 0 Å². The van der Waals surface area contributed by atoms with Crippen LogP contribution in [0.4, 0.5) is 11.4 Å². The van der Waals surface area contributed by atoms with Gasteiger partial charge in [0.25, 0.3) is 0 Å². The second-order valence-electron chi connectivity index (χ2n) is 6.39. The van der Waals surface area contributed by atoms with Gasteiger partial charge in [-0.15, -0.1) is 11.3 Å². The molecule has 4 heteroatoms. The number of nitrogens with two attached hydrogens (primary N) is 1. The van der Waals surface area contributed by atoms with Crippen LogP contribution in [0.25, 0.3) is 0 Å².